The second-order valence-corrected chi connectivity index (χ2v) is 16.0. The zero-order valence-electron chi connectivity index (χ0n) is 32.7. The molecule has 0 bridgehead atoms. The predicted octanol–water partition coefficient (Wildman–Crippen LogP) is 11.4. The molecule has 2 heterocycles. The van der Waals surface area contributed by atoms with Crippen molar-refractivity contribution in [2.24, 2.45) is 0 Å². The van der Waals surface area contributed by atoms with Crippen molar-refractivity contribution in [3.63, 3.8) is 0 Å². The Morgan fingerprint density at radius 2 is 1.25 bits per heavy atom. The summed E-state index contributed by atoms with van der Waals surface area (Å²) in [6.45, 7) is 9.32. The molecule has 6 nitrogen and oxygen atoms in total. The SMILES string of the molecule is Cc1c(C)c2c(c(C)c1OCc1ccccc1)CCC(C)(COc1ccc(C=C3SC(=O)N(C(c4ccccc4)(c4ccccc4)c4ccccc4)C3=O)cc1)O2. The molecular formula is C50H45NO5S. The monoisotopic (exact) mass is 771 g/mol. The van der Waals surface area contributed by atoms with Gasteiger partial charge in [-0.15, -0.1) is 0 Å². The first-order valence-electron chi connectivity index (χ1n) is 19.3. The average molecular weight is 772 g/mol. The van der Waals surface area contributed by atoms with Gasteiger partial charge in [0.1, 0.15) is 41.6 Å². The maximum absolute atomic E-state index is 14.5. The van der Waals surface area contributed by atoms with Crippen molar-refractivity contribution in [1.82, 2.24) is 4.90 Å². The van der Waals surface area contributed by atoms with E-state index < -0.39 is 11.1 Å². The van der Waals surface area contributed by atoms with Crippen LogP contribution in [0, 0.1) is 20.8 Å². The van der Waals surface area contributed by atoms with E-state index in [1.807, 2.05) is 133 Å². The maximum atomic E-state index is 14.5. The van der Waals surface area contributed by atoms with Crippen LogP contribution in [0.4, 0.5) is 4.79 Å². The Labute approximate surface area is 339 Å². The Morgan fingerprint density at radius 3 is 1.81 bits per heavy atom. The van der Waals surface area contributed by atoms with Gasteiger partial charge in [-0.25, -0.2) is 4.90 Å². The molecule has 6 aromatic rings. The normalized spacial score (nSPS) is 17.3. The number of thioether (sulfide) groups is 1. The number of carbonyl (C=O) groups is 2. The molecule has 2 amide bonds. The largest absolute Gasteiger partial charge is 0.489 e. The lowest BCUT2D eigenvalue weighted by Gasteiger charge is -2.41. The lowest BCUT2D eigenvalue weighted by molar-refractivity contribution is -0.125. The summed E-state index contributed by atoms with van der Waals surface area (Å²) in [4.78, 5) is 30.4. The fraction of sp³-hybridized carbons (Fsp3) is 0.200. The second kappa shape index (κ2) is 15.8. The molecule has 0 aliphatic carbocycles. The summed E-state index contributed by atoms with van der Waals surface area (Å²) >= 11 is 0.963. The Morgan fingerprint density at radius 1 is 0.702 bits per heavy atom. The van der Waals surface area contributed by atoms with Crippen LogP contribution < -0.4 is 14.2 Å². The number of fused-ring (bicyclic) bond motifs is 1. The van der Waals surface area contributed by atoms with Gasteiger partial charge in [-0.1, -0.05) is 133 Å². The van der Waals surface area contributed by atoms with Crippen molar-refractivity contribution in [3.05, 3.63) is 201 Å². The number of hydrogen-bond acceptors (Lipinski definition) is 6. The Kier molecular flexibility index (Phi) is 10.5. The summed E-state index contributed by atoms with van der Waals surface area (Å²) in [6.07, 6.45) is 3.44. The molecular weight excluding hydrogens is 727 g/mol. The minimum Gasteiger partial charge on any atom is -0.489 e. The van der Waals surface area contributed by atoms with Crippen LogP contribution in [0.1, 0.15) is 63.4 Å². The van der Waals surface area contributed by atoms with Gasteiger partial charge < -0.3 is 14.2 Å². The quantitative estimate of drug-likeness (QED) is 0.0965. The third kappa shape index (κ3) is 7.24. The Balaban J connectivity index is 0.996. The maximum Gasteiger partial charge on any atom is 0.294 e. The topological polar surface area (TPSA) is 65.1 Å². The van der Waals surface area contributed by atoms with E-state index in [9.17, 15) is 9.59 Å². The van der Waals surface area contributed by atoms with Gasteiger partial charge in [0.05, 0.1) is 4.91 Å². The van der Waals surface area contributed by atoms with E-state index in [2.05, 4.69) is 39.8 Å². The standard InChI is InChI=1S/C50H45NO5S/c1-34-35(2)46-43(36(3)45(34)54-32-38-17-9-5-10-18-38)29-30-49(4,56-46)33-55-42-27-25-37(26-28-42)31-44-47(52)51(48(53)57-44)50(39-19-11-6-12-20-39,40-21-13-7-14-22-40)41-23-15-8-16-24-41/h5-28,31H,29-30,32-33H2,1-4H3. The summed E-state index contributed by atoms with van der Waals surface area (Å²) in [7, 11) is 0. The molecule has 1 saturated heterocycles. The second-order valence-electron chi connectivity index (χ2n) is 15.0. The molecule has 0 radical (unpaired) electrons. The van der Waals surface area contributed by atoms with Gasteiger partial charge in [-0.3, -0.25) is 9.59 Å². The van der Waals surface area contributed by atoms with E-state index in [1.54, 1.807) is 6.08 Å². The van der Waals surface area contributed by atoms with Crippen LogP contribution in [0.5, 0.6) is 17.2 Å². The number of rotatable bonds is 11. The fourth-order valence-electron chi connectivity index (χ4n) is 8.06. The number of carbonyl (C=O) groups excluding carboxylic acids is 2. The smallest absolute Gasteiger partial charge is 0.294 e. The number of hydrogen-bond donors (Lipinski definition) is 0. The van der Waals surface area contributed by atoms with Gasteiger partial charge in [0.15, 0.2) is 0 Å². The molecule has 8 rings (SSSR count). The number of amides is 2. The lowest BCUT2D eigenvalue weighted by Crippen LogP contribution is -2.50. The van der Waals surface area contributed by atoms with E-state index in [0.717, 1.165) is 80.6 Å². The first-order chi connectivity index (χ1) is 27.7. The predicted molar refractivity (Wildman–Crippen MR) is 228 cm³/mol. The van der Waals surface area contributed by atoms with Crippen LogP contribution in [0.3, 0.4) is 0 Å². The van der Waals surface area contributed by atoms with Crippen LogP contribution in [-0.2, 0) is 23.4 Å². The van der Waals surface area contributed by atoms with E-state index in [1.165, 1.54) is 10.5 Å². The minimum atomic E-state index is -1.18. The van der Waals surface area contributed by atoms with Gasteiger partial charge in [0.25, 0.3) is 11.1 Å². The van der Waals surface area contributed by atoms with Crippen LogP contribution in [-0.4, -0.2) is 28.3 Å². The average Bonchev–Trinajstić information content (AvgIpc) is 3.53. The molecule has 2 aliphatic rings. The highest BCUT2D eigenvalue weighted by Crippen LogP contribution is 2.49. The summed E-state index contributed by atoms with van der Waals surface area (Å²) < 4.78 is 19.5. The number of nitrogens with zero attached hydrogens (tertiary/aromatic N) is 1. The highest BCUT2D eigenvalue weighted by Gasteiger charge is 2.52. The van der Waals surface area contributed by atoms with E-state index in [4.69, 9.17) is 14.2 Å². The highest BCUT2D eigenvalue weighted by atomic mass is 32.2. The van der Waals surface area contributed by atoms with Crippen molar-refractivity contribution in [2.45, 2.75) is 58.3 Å². The Bertz CT molecular complexity index is 2340. The first kappa shape index (κ1) is 37.9. The van der Waals surface area contributed by atoms with E-state index in [-0.39, 0.29) is 11.1 Å². The van der Waals surface area contributed by atoms with E-state index >= 15 is 0 Å². The van der Waals surface area contributed by atoms with Gasteiger partial charge in [-0.2, -0.15) is 0 Å². The van der Waals surface area contributed by atoms with Gasteiger partial charge in [0.2, 0.25) is 0 Å². The van der Waals surface area contributed by atoms with Crippen molar-refractivity contribution in [3.8, 4) is 17.2 Å². The molecule has 0 aromatic heterocycles. The first-order valence-corrected chi connectivity index (χ1v) is 20.2. The number of benzene rings is 6. The van der Waals surface area contributed by atoms with Crippen LogP contribution in [0.2, 0.25) is 0 Å². The van der Waals surface area contributed by atoms with Crippen molar-refractivity contribution in [2.75, 3.05) is 6.61 Å². The van der Waals surface area contributed by atoms with Crippen LogP contribution >= 0.6 is 11.8 Å². The van der Waals surface area contributed by atoms with Crippen LogP contribution in [0.25, 0.3) is 6.08 Å². The molecule has 2 aliphatic heterocycles. The summed E-state index contributed by atoms with van der Waals surface area (Å²) in [5, 5.41) is -0.332. The molecule has 1 fully saturated rings. The summed E-state index contributed by atoms with van der Waals surface area (Å²) in [5.74, 6) is 2.21. The van der Waals surface area contributed by atoms with Gasteiger partial charge in [0, 0.05) is 5.56 Å². The molecule has 286 valence electrons. The number of imide groups is 1. The molecule has 0 saturated carbocycles. The number of ether oxygens (including phenoxy) is 3. The molecule has 0 spiro atoms. The van der Waals surface area contributed by atoms with Crippen molar-refractivity contribution >= 4 is 29.0 Å². The third-order valence-electron chi connectivity index (χ3n) is 11.2. The highest BCUT2D eigenvalue weighted by molar-refractivity contribution is 8.18. The fourth-order valence-corrected chi connectivity index (χ4v) is 8.93. The molecule has 7 heteroatoms. The summed E-state index contributed by atoms with van der Waals surface area (Å²) in [6, 6.07) is 47.2. The zero-order chi connectivity index (χ0) is 39.6. The Hall–Kier alpha value is -6.05. The molecule has 1 atom stereocenters. The lowest BCUT2D eigenvalue weighted by atomic mass is 9.75. The molecule has 1 unspecified atom stereocenters. The molecule has 57 heavy (non-hydrogen) atoms. The minimum absolute atomic E-state index is 0.332. The van der Waals surface area contributed by atoms with Crippen molar-refractivity contribution in [1.29, 1.82) is 0 Å². The van der Waals surface area contributed by atoms with Crippen LogP contribution in [0.15, 0.2) is 150 Å². The zero-order valence-corrected chi connectivity index (χ0v) is 33.5. The summed E-state index contributed by atoms with van der Waals surface area (Å²) in [5.41, 5.74) is 7.20. The molecule has 6 aromatic carbocycles. The van der Waals surface area contributed by atoms with E-state index in [0.29, 0.717) is 23.9 Å². The molecule has 0 N–H and O–H groups in total. The van der Waals surface area contributed by atoms with Gasteiger partial charge in [-0.05, 0) is 115 Å². The third-order valence-corrected chi connectivity index (χ3v) is 12.1. The van der Waals surface area contributed by atoms with Crippen molar-refractivity contribution < 1.29 is 23.8 Å². The van der Waals surface area contributed by atoms with Gasteiger partial charge >= 0.3 is 0 Å².